The average molecular weight is 322 g/mol. The third-order valence-corrected chi connectivity index (χ3v) is 2.68. The second kappa shape index (κ2) is 6.79. The number of aromatic nitrogens is 3. The number of hydrogen-bond acceptors (Lipinski definition) is 5. The van der Waals surface area contributed by atoms with Gasteiger partial charge in [-0.1, -0.05) is 0 Å². The third-order valence-electron chi connectivity index (χ3n) is 2.25. The number of nitrogens with zero attached hydrogens (tertiary/aromatic N) is 3. The lowest BCUT2D eigenvalue weighted by Gasteiger charge is -2.07. The van der Waals surface area contributed by atoms with E-state index in [2.05, 4.69) is 41.5 Å². The Hall–Kier alpha value is -2.02. The van der Waals surface area contributed by atoms with Gasteiger partial charge >= 0.3 is 0 Å². The molecular weight excluding hydrogens is 310 g/mol. The molecule has 0 radical (unpaired) electrons. The van der Waals surface area contributed by atoms with Crippen LogP contribution in [0.1, 0.15) is 10.4 Å². The van der Waals surface area contributed by atoms with Gasteiger partial charge < -0.3 is 10.6 Å². The molecule has 0 saturated carbocycles. The summed E-state index contributed by atoms with van der Waals surface area (Å²) in [5.41, 5.74) is 0.522. The first-order valence-corrected chi connectivity index (χ1v) is 6.43. The molecule has 1 amide bonds. The summed E-state index contributed by atoms with van der Waals surface area (Å²) in [6, 6.07) is 1.72. The lowest BCUT2D eigenvalue weighted by molar-refractivity contribution is 0.0954. The molecule has 7 heteroatoms. The summed E-state index contributed by atoms with van der Waals surface area (Å²) in [7, 11) is 0. The number of rotatable bonds is 5. The SMILES string of the molecule is O=C(NCCNc1cnccn1)c1cncc(Br)c1. The largest absolute Gasteiger partial charge is 0.367 e. The molecule has 98 valence electrons. The average Bonchev–Trinajstić information content (AvgIpc) is 2.44. The summed E-state index contributed by atoms with van der Waals surface area (Å²) in [5, 5.41) is 5.84. The van der Waals surface area contributed by atoms with Crippen molar-refractivity contribution in [1.82, 2.24) is 20.3 Å². The molecular formula is C12H12BrN5O. The highest BCUT2D eigenvalue weighted by Crippen LogP contribution is 2.09. The Morgan fingerprint density at radius 2 is 2.05 bits per heavy atom. The van der Waals surface area contributed by atoms with Crippen molar-refractivity contribution in [3.05, 3.63) is 47.1 Å². The lowest BCUT2D eigenvalue weighted by atomic mass is 10.3. The van der Waals surface area contributed by atoms with Crippen molar-refractivity contribution in [2.75, 3.05) is 18.4 Å². The number of carbonyl (C=O) groups is 1. The van der Waals surface area contributed by atoms with Gasteiger partial charge in [-0.05, 0) is 22.0 Å². The molecule has 0 aromatic carbocycles. The van der Waals surface area contributed by atoms with Gasteiger partial charge in [-0.3, -0.25) is 14.8 Å². The molecule has 2 N–H and O–H groups in total. The minimum atomic E-state index is -0.158. The van der Waals surface area contributed by atoms with Crippen molar-refractivity contribution < 1.29 is 4.79 Å². The first-order chi connectivity index (χ1) is 9.25. The van der Waals surface area contributed by atoms with E-state index in [0.717, 1.165) is 4.47 Å². The highest BCUT2D eigenvalue weighted by molar-refractivity contribution is 9.10. The van der Waals surface area contributed by atoms with Gasteiger partial charge in [0.15, 0.2) is 0 Å². The summed E-state index contributed by atoms with van der Waals surface area (Å²) in [6.45, 7) is 1.06. The van der Waals surface area contributed by atoms with Crippen LogP contribution in [-0.4, -0.2) is 33.9 Å². The van der Waals surface area contributed by atoms with Crippen LogP contribution in [0.4, 0.5) is 5.82 Å². The van der Waals surface area contributed by atoms with Crippen LogP contribution in [0.5, 0.6) is 0 Å². The van der Waals surface area contributed by atoms with Crippen molar-refractivity contribution in [2.45, 2.75) is 0 Å². The summed E-state index contributed by atoms with van der Waals surface area (Å²) in [5.74, 6) is 0.524. The van der Waals surface area contributed by atoms with E-state index in [1.807, 2.05) is 0 Å². The Bertz CT molecular complexity index is 549. The van der Waals surface area contributed by atoms with Crippen molar-refractivity contribution >= 4 is 27.7 Å². The molecule has 0 fully saturated rings. The number of nitrogens with one attached hydrogen (secondary N) is 2. The second-order valence-corrected chi connectivity index (χ2v) is 4.58. The Balaban J connectivity index is 1.75. The van der Waals surface area contributed by atoms with Crippen LogP contribution in [0, 0.1) is 0 Å². The molecule has 0 saturated heterocycles. The van der Waals surface area contributed by atoms with E-state index >= 15 is 0 Å². The Morgan fingerprint density at radius 1 is 1.16 bits per heavy atom. The Kier molecular flexibility index (Phi) is 4.79. The predicted octanol–water partition coefficient (Wildman–Crippen LogP) is 1.48. The number of amides is 1. The van der Waals surface area contributed by atoms with Gasteiger partial charge in [0.1, 0.15) is 5.82 Å². The van der Waals surface area contributed by atoms with Crippen molar-refractivity contribution in [3.63, 3.8) is 0 Å². The van der Waals surface area contributed by atoms with E-state index < -0.39 is 0 Å². The van der Waals surface area contributed by atoms with Crippen LogP contribution < -0.4 is 10.6 Å². The van der Waals surface area contributed by atoms with Gasteiger partial charge in [-0.15, -0.1) is 0 Å². The normalized spacial score (nSPS) is 9.95. The Morgan fingerprint density at radius 3 is 2.79 bits per heavy atom. The van der Waals surface area contributed by atoms with E-state index in [1.165, 1.54) is 6.20 Å². The molecule has 0 bridgehead atoms. The number of pyridine rings is 1. The van der Waals surface area contributed by atoms with E-state index in [-0.39, 0.29) is 5.91 Å². The number of carbonyl (C=O) groups excluding carboxylic acids is 1. The fourth-order valence-electron chi connectivity index (χ4n) is 1.40. The highest BCUT2D eigenvalue weighted by atomic mass is 79.9. The summed E-state index contributed by atoms with van der Waals surface area (Å²) in [6.07, 6.45) is 7.99. The molecule has 0 atom stereocenters. The number of anilines is 1. The number of halogens is 1. The molecule has 2 rings (SSSR count). The van der Waals surface area contributed by atoms with Gasteiger partial charge in [0, 0.05) is 42.3 Å². The first kappa shape index (κ1) is 13.4. The fourth-order valence-corrected chi connectivity index (χ4v) is 1.76. The minimum absolute atomic E-state index is 0.158. The van der Waals surface area contributed by atoms with Gasteiger partial charge in [0.05, 0.1) is 11.8 Å². The van der Waals surface area contributed by atoms with Crippen molar-refractivity contribution in [1.29, 1.82) is 0 Å². The highest BCUT2D eigenvalue weighted by Gasteiger charge is 2.05. The van der Waals surface area contributed by atoms with Crippen LogP contribution in [-0.2, 0) is 0 Å². The molecule has 0 aliphatic carbocycles. The summed E-state index contributed by atoms with van der Waals surface area (Å²) < 4.78 is 0.776. The van der Waals surface area contributed by atoms with Crippen LogP contribution in [0.25, 0.3) is 0 Å². The lowest BCUT2D eigenvalue weighted by Crippen LogP contribution is -2.29. The fraction of sp³-hybridized carbons (Fsp3) is 0.167. The van der Waals surface area contributed by atoms with Crippen LogP contribution in [0.15, 0.2) is 41.5 Å². The standard InChI is InChI=1S/C12H12BrN5O/c13-10-5-9(6-15-7-10)12(19)18-4-3-17-11-8-14-1-2-16-11/h1-2,5-8H,3-4H2,(H,16,17)(H,18,19). The molecule has 2 aromatic rings. The zero-order valence-electron chi connectivity index (χ0n) is 10.0. The zero-order valence-corrected chi connectivity index (χ0v) is 11.6. The molecule has 0 aliphatic rings. The molecule has 19 heavy (non-hydrogen) atoms. The zero-order chi connectivity index (χ0) is 13.5. The van der Waals surface area contributed by atoms with E-state index in [0.29, 0.717) is 24.5 Å². The predicted molar refractivity (Wildman–Crippen MR) is 74.8 cm³/mol. The molecule has 2 aromatic heterocycles. The van der Waals surface area contributed by atoms with Crippen LogP contribution >= 0.6 is 15.9 Å². The van der Waals surface area contributed by atoms with Crippen LogP contribution in [0.2, 0.25) is 0 Å². The maximum Gasteiger partial charge on any atom is 0.252 e. The maximum atomic E-state index is 11.8. The van der Waals surface area contributed by atoms with Crippen molar-refractivity contribution in [3.8, 4) is 0 Å². The topological polar surface area (TPSA) is 79.8 Å². The van der Waals surface area contributed by atoms with Crippen LogP contribution in [0.3, 0.4) is 0 Å². The molecule has 6 nitrogen and oxygen atoms in total. The second-order valence-electron chi connectivity index (χ2n) is 3.67. The molecule has 0 aliphatic heterocycles. The van der Waals surface area contributed by atoms with E-state index in [4.69, 9.17) is 0 Å². The molecule has 2 heterocycles. The third kappa shape index (κ3) is 4.29. The van der Waals surface area contributed by atoms with Gasteiger partial charge in [0.2, 0.25) is 0 Å². The summed E-state index contributed by atoms with van der Waals surface area (Å²) >= 11 is 3.27. The molecule has 0 unspecified atom stereocenters. The van der Waals surface area contributed by atoms with Crippen molar-refractivity contribution in [2.24, 2.45) is 0 Å². The monoisotopic (exact) mass is 321 g/mol. The van der Waals surface area contributed by atoms with E-state index in [9.17, 15) is 4.79 Å². The van der Waals surface area contributed by atoms with E-state index in [1.54, 1.807) is 30.9 Å². The maximum absolute atomic E-state index is 11.8. The first-order valence-electron chi connectivity index (χ1n) is 5.64. The summed E-state index contributed by atoms with van der Waals surface area (Å²) in [4.78, 5) is 23.7. The number of hydrogen-bond donors (Lipinski definition) is 2. The minimum Gasteiger partial charge on any atom is -0.367 e. The van der Waals surface area contributed by atoms with Gasteiger partial charge in [-0.25, -0.2) is 4.98 Å². The Labute approximate surface area is 118 Å². The van der Waals surface area contributed by atoms with Gasteiger partial charge in [-0.2, -0.15) is 0 Å². The smallest absolute Gasteiger partial charge is 0.252 e. The quantitative estimate of drug-likeness (QED) is 0.815. The van der Waals surface area contributed by atoms with Gasteiger partial charge in [0.25, 0.3) is 5.91 Å². The molecule has 0 spiro atoms.